The van der Waals surface area contributed by atoms with Gasteiger partial charge in [-0.2, -0.15) is 5.10 Å². The van der Waals surface area contributed by atoms with Gasteiger partial charge in [-0.15, -0.1) is 0 Å². The lowest BCUT2D eigenvalue weighted by Crippen LogP contribution is -2.42. The van der Waals surface area contributed by atoms with Crippen LogP contribution in [0.1, 0.15) is 39.4 Å². The molecule has 0 N–H and O–H groups in total. The number of nitrogens with zero attached hydrogens (tertiary/aromatic N) is 3. The molecule has 0 aliphatic carbocycles. The molecule has 0 bridgehead atoms. The fourth-order valence-electron chi connectivity index (χ4n) is 3.75. The third-order valence-corrected chi connectivity index (χ3v) is 5.53. The second-order valence-corrected chi connectivity index (χ2v) is 7.69. The SMILES string of the molecule is Cc1cc(C(=O)N2CCCC(C(=O)c3ccc(Oc4ccccc4)cc3)C2)nn1C. The molecule has 1 atom stereocenters. The van der Waals surface area contributed by atoms with Crippen molar-refractivity contribution in [1.29, 1.82) is 0 Å². The predicted molar refractivity (Wildman–Crippen MR) is 114 cm³/mol. The molecular formula is C24H25N3O3. The number of ketones is 1. The van der Waals surface area contributed by atoms with Gasteiger partial charge >= 0.3 is 0 Å². The van der Waals surface area contributed by atoms with E-state index in [-0.39, 0.29) is 17.6 Å². The van der Waals surface area contributed by atoms with Gasteiger partial charge in [0.15, 0.2) is 11.5 Å². The van der Waals surface area contributed by atoms with Crippen molar-refractivity contribution in [2.24, 2.45) is 13.0 Å². The summed E-state index contributed by atoms with van der Waals surface area (Å²) in [6.07, 6.45) is 1.59. The summed E-state index contributed by atoms with van der Waals surface area (Å²) >= 11 is 0. The summed E-state index contributed by atoms with van der Waals surface area (Å²) in [7, 11) is 1.82. The molecule has 2 heterocycles. The molecule has 4 rings (SSSR count). The molecule has 30 heavy (non-hydrogen) atoms. The van der Waals surface area contributed by atoms with Crippen LogP contribution in [0.2, 0.25) is 0 Å². The van der Waals surface area contributed by atoms with E-state index in [9.17, 15) is 9.59 Å². The van der Waals surface area contributed by atoms with E-state index in [2.05, 4.69) is 5.10 Å². The van der Waals surface area contributed by atoms with Crippen molar-refractivity contribution in [3.63, 3.8) is 0 Å². The van der Waals surface area contributed by atoms with Crippen LogP contribution < -0.4 is 4.74 Å². The molecule has 2 aromatic carbocycles. The molecule has 1 fully saturated rings. The molecular weight excluding hydrogens is 378 g/mol. The van der Waals surface area contributed by atoms with E-state index in [0.717, 1.165) is 24.3 Å². The van der Waals surface area contributed by atoms with Crippen LogP contribution in [0.3, 0.4) is 0 Å². The van der Waals surface area contributed by atoms with Crippen LogP contribution in [0.4, 0.5) is 0 Å². The number of para-hydroxylation sites is 1. The number of piperidine rings is 1. The van der Waals surface area contributed by atoms with Gasteiger partial charge in [-0.05, 0) is 62.2 Å². The van der Waals surface area contributed by atoms with Crippen molar-refractivity contribution in [3.8, 4) is 11.5 Å². The lowest BCUT2D eigenvalue weighted by molar-refractivity contribution is 0.0631. The second-order valence-electron chi connectivity index (χ2n) is 7.69. The Hall–Kier alpha value is -3.41. The Morgan fingerprint density at radius 3 is 2.40 bits per heavy atom. The number of carbonyl (C=O) groups excluding carboxylic acids is 2. The Labute approximate surface area is 176 Å². The first kappa shape index (κ1) is 19.9. The lowest BCUT2D eigenvalue weighted by Gasteiger charge is -2.31. The van der Waals surface area contributed by atoms with Gasteiger partial charge in [0.1, 0.15) is 11.5 Å². The number of carbonyl (C=O) groups is 2. The summed E-state index contributed by atoms with van der Waals surface area (Å²) < 4.78 is 7.49. The highest BCUT2D eigenvalue weighted by Gasteiger charge is 2.30. The third kappa shape index (κ3) is 4.27. The highest BCUT2D eigenvalue weighted by molar-refractivity contribution is 5.99. The van der Waals surface area contributed by atoms with E-state index >= 15 is 0 Å². The van der Waals surface area contributed by atoms with Gasteiger partial charge in [0.25, 0.3) is 5.91 Å². The van der Waals surface area contributed by atoms with Gasteiger partial charge in [0, 0.05) is 37.3 Å². The van der Waals surface area contributed by atoms with Crippen molar-refractivity contribution in [2.75, 3.05) is 13.1 Å². The number of benzene rings is 2. The lowest BCUT2D eigenvalue weighted by atomic mass is 9.90. The van der Waals surface area contributed by atoms with Gasteiger partial charge < -0.3 is 9.64 Å². The fourth-order valence-corrected chi connectivity index (χ4v) is 3.75. The largest absolute Gasteiger partial charge is 0.457 e. The summed E-state index contributed by atoms with van der Waals surface area (Å²) in [5, 5.41) is 4.28. The summed E-state index contributed by atoms with van der Waals surface area (Å²) in [6.45, 7) is 3.00. The van der Waals surface area contributed by atoms with Crippen molar-refractivity contribution >= 4 is 11.7 Å². The quantitative estimate of drug-likeness (QED) is 0.597. The number of aryl methyl sites for hydroxylation is 2. The summed E-state index contributed by atoms with van der Waals surface area (Å²) in [6, 6.07) is 18.5. The first-order valence-electron chi connectivity index (χ1n) is 10.2. The Morgan fingerprint density at radius 1 is 1.03 bits per heavy atom. The van der Waals surface area contributed by atoms with Gasteiger partial charge in [0.05, 0.1) is 0 Å². The maximum atomic E-state index is 13.0. The van der Waals surface area contributed by atoms with Gasteiger partial charge in [0.2, 0.25) is 0 Å². The average molecular weight is 403 g/mol. The molecule has 1 amide bonds. The molecule has 1 unspecified atom stereocenters. The molecule has 1 aliphatic heterocycles. The van der Waals surface area contributed by atoms with Crippen LogP contribution in [-0.4, -0.2) is 39.5 Å². The van der Waals surface area contributed by atoms with Gasteiger partial charge in [-0.3, -0.25) is 14.3 Å². The molecule has 6 heteroatoms. The highest BCUT2D eigenvalue weighted by Crippen LogP contribution is 2.25. The topological polar surface area (TPSA) is 64.4 Å². The fraction of sp³-hybridized carbons (Fsp3) is 0.292. The normalized spacial score (nSPS) is 16.3. The molecule has 6 nitrogen and oxygen atoms in total. The van der Waals surface area contributed by atoms with Crippen LogP contribution in [0, 0.1) is 12.8 Å². The van der Waals surface area contributed by atoms with Gasteiger partial charge in [-0.25, -0.2) is 0 Å². The van der Waals surface area contributed by atoms with Crippen LogP contribution in [-0.2, 0) is 7.05 Å². The standard InChI is InChI=1S/C24H25N3O3/c1-17-15-22(25-26(17)2)24(29)27-14-6-7-19(16-27)23(28)18-10-12-21(13-11-18)30-20-8-4-3-5-9-20/h3-5,8-13,15,19H,6-7,14,16H2,1-2H3. The van der Waals surface area contributed by atoms with Crippen molar-refractivity contribution in [2.45, 2.75) is 19.8 Å². The number of rotatable bonds is 5. The second kappa shape index (κ2) is 8.53. The Bertz CT molecular complexity index is 1020. The minimum atomic E-state index is -0.201. The molecule has 0 radical (unpaired) electrons. The first-order chi connectivity index (χ1) is 14.5. The van der Waals surface area contributed by atoms with E-state index in [0.29, 0.717) is 30.1 Å². The number of ether oxygens (including phenoxy) is 1. The Kier molecular flexibility index (Phi) is 5.65. The number of hydrogen-bond acceptors (Lipinski definition) is 4. The maximum Gasteiger partial charge on any atom is 0.274 e. The van der Waals surface area contributed by atoms with Crippen molar-refractivity contribution in [3.05, 3.63) is 77.6 Å². The molecule has 1 aromatic heterocycles. The van der Waals surface area contributed by atoms with E-state index in [4.69, 9.17) is 4.74 Å². The van der Waals surface area contributed by atoms with Crippen LogP contribution in [0.15, 0.2) is 60.7 Å². The summed E-state index contributed by atoms with van der Waals surface area (Å²) in [4.78, 5) is 27.6. The highest BCUT2D eigenvalue weighted by atomic mass is 16.5. The number of aromatic nitrogens is 2. The number of amides is 1. The minimum absolute atomic E-state index is 0.0657. The summed E-state index contributed by atoms with van der Waals surface area (Å²) in [5.41, 5.74) is 2.01. The molecule has 3 aromatic rings. The zero-order chi connectivity index (χ0) is 21.1. The number of hydrogen-bond donors (Lipinski definition) is 0. The number of Topliss-reactive ketones (excluding diaryl/α,β-unsaturated/α-hetero) is 1. The minimum Gasteiger partial charge on any atom is -0.457 e. The van der Waals surface area contributed by atoms with Gasteiger partial charge in [-0.1, -0.05) is 18.2 Å². The molecule has 0 saturated carbocycles. The molecule has 154 valence electrons. The summed E-state index contributed by atoms with van der Waals surface area (Å²) in [5.74, 6) is 1.19. The zero-order valence-corrected chi connectivity index (χ0v) is 17.2. The van der Waals surface area contributed by atoms with Crippen LogP contribution >= 0.6 is 0 Å². The zero-order valence-electron chi connectivity index (χ0n) is 17.2. The Balaban J connectivity index is 1.42. The van der Waals surface area contributed by atoms with Crippen molar-refractivity contribution < 1.29 is 14.3 Å². The average Bonchev–Trinajstić information content (AvgIpc) is 3.12. The molecule has 0 spiro atoms. The molecule has 1 saturated heterocycles. The Morgan fingerprint density at radius 2 is 1.73 bits per heavy atom. The maximum absolute atomic E-state index is 13.0. The van der Waals surface area contributed by atoms with E-state index in [1.54, 1.807) is 27.8 Å². The first-order valence-corrected chi connectivity index (χ1v) is 10.2. The number of likely N-dealkylation sites (tertiary alicyclic amines) is 1. The van der Waals surface area contributed by atoms with Crippen LogP contribution in [0.5, 0.6) is 11.5 Å². The van der Waals surface area contributed by atoms with E-state index < -0.39 is 0 Å². The van der Waals surface area contributed by atoms with E-state index in [1.807, 2.05) is 56.4 Å². The smallest absolute Gasteiger partial charge is 0.274 e. The third-order valence-electron chi connectivity index (χ3n) is 5.53. The predicted octanol–water partition coefficient (Wildman–Crippen LogP) is 4.26. The van der Waals surface area contributed by atoms with Crippen LogP contribution in [0.25, 0.3) is 0 Å². The monoisotopic (exact) mass is 403 g/mol. The van der Waals surface area contributed by atoms with E-state index in [1.165, 1.54) is 0 Å². The van der Waals surface area contributed by atoms with Crippen molar-refractivity contribution in [1.82, 2.24) is 14.7 Å². The molecule has 1 aliphatic rings.